The molecule has 1 aliphatic rings. The van der Waals surface area contributed by atoms with E-state index in [1.807, 2.05) is 20.8 Å². The van der Waals surface area contributed by atoms with Gasteiger partial charge >= 0.3 is 0 Å². The average Bonchev–Trinajstić information content (AvgIpc) is 3.06. The highest BCUT2D eigenvalue weighted by Crippen LogP contribution is 2.29. The number of anilines is 1. The lowest BCUT2D eigenvalue weighted by atomic mass is 10.0. The maximum atomic E-state index is 14.3. The van der Waals surface area contributed by atoms with E-state index in [0.717, 1.165) is 18.4 Å². The standard InChI is InChI=1S/C35H46N4O7S/c1-24-9-12-30(13-10-24)47(43,44)38(5)22-33-25(2)21-39(26(3)23-40)35(42)31-20-29(37-34(41)28-15-17-36-18-16-28)11-14-32(31)46-27(4)8-6-7-19-45-33/h9-18,20,25-27,33,40H,6-8,19,21-23H2,1-5H3,(H,37,41)/t25-,26-,27+,33-/m1/s1. The van der Waals surface area contributed by atoms with Crippen molar-refractivity contribution in [2.75, 3.05) is 38.7 Å². The Bertz CT molecular complexity index is 1600. The molecule has 2 amide bonds. The van der Waals surface area contributed by atoms with Gasteiger partial charge in [0.05, 0.1) is 35.3 Å². The monoisotopic (exact) mass is 666 g/mol. The van der Waals surface area contributed by atoms with Crippen molar-refractivity contribution >= 4 is 27.5 Å². The number of nitrogens with one attached hydrogen (secondary N) is 1. The molecule has 0 saturated heterocycles. The van der Waals surface area contributed by atoms with Crippen molar-refractivity contribution in [1.29, 1.82) is 0 Å². The van der Waals surface area contributed by atoms with Gasteiger partial charge in [-0.25, -0.2) is 8.42 Å². The van der Waals surface area contributed by atoms with Crippen LogP contribution in [0.1, 0.15) is 66.3 Å². The van der Waals surface area contributed by atoms with Crippen LogP contribution in [0.3, 0.4) is 0 Å². The van der Waals surface area contributed by atoms with Gasteiger partial charge in [-0.1, -0.05) is 24.6 Å². The number of carbonyl (C=O) groups excluding carboxylic acids is 2. The van der Waals surface area contributed by atoms with Crippen LogP contribution >= 0.6 is 0 Å². The quantitative estimate of drug-likeness (QED) is 0.351. The first-order valence-corrected chi connectivity index (χ1v) is 17.4. The van der Waals surface area contributed by atoms with E-state index in [9.17, 15) is 23.1 Å². The van der Waals surface area contributed by atoms with Crippen LogP contribution in [0, 0.1) is 12.8 Å². The number of ether oxygens (including phenoxy) is 2. The van der Waals surface area contributed by atoms with Crippen LogP contribution in [-0.4, -0.2) is 91.1 Å². The molecule has 0 spiro atoms. The second-order valence-electron chi connectivity index (χ2n) is 12.3. The summed E-state index contributed by atoms with van der Waals surface area (Å²) in [4.78, 5) is 32.9. The summed E-state index contributed by atoms with van der Waals surface area (Å²) >= 11 is 0. The number of aliphatic hydroxyl groups excluding tert-OH is 1. The maximum absolute atomic E-state index is 14.3. The molecule has 0 fully saturated rings. The second-order valence-corrected chi connectivity index (χ2v) is 14.3. The molecule has 1 aliphatic heterocycles. The van der Waals surface area contributed by atoms with Gasteiger partial charge in [-0.15, -0.1) is 0 Å². The number of hydrogen-bond acceptors (Lipinski definition) is 8. The van der Waals surface area contributed by atoms with Crippen molar-refractivity contribution in [1.82, 2.24) is 14.2 Å². The van der Waals surface area contributed by atoms with Gasteiger partial charge in [0.2, 0.25) is 10.0 Å². The minimum absolute atomic E-state index is 0.0776. The average molecular weight is 667 g/mol. The van der Waals surface area contributed by atoms with Crippen LogP contribution in [0.15, 0.2) is 71.9 Å². The van der Waals surface area contributed by atoms with Crippen LogP contribution in [0.4, 0.5) is 5.69 Å². The molecule has 0 saturated carbocycles. The summed E-state index contributed by atoms with van der Waals surface area (Å²) in [5.41, 5.74) is 2.03. The molecule has 2 aromatic carbocycles. The Morgan fingerprint density at radius 1 is 1.11 bits per heavy atom. The van der Waals surface area contributed by atoms with Gasteiger partial charge in [0.25, 0.3) is 11.8 Å². The first kappa shape index (κ1) is 36.0. The van der Waals surface area contributed by atoms with Crippen LogP contribution < -0.4 is 10.1 Å². The normalized spacial score (nSPS) is 20.5. The Labute approximate surface area is 278 Å². The Kier molecular flexibility index (Phi) is 12.5. The third kappa shape index (κ3) is 9.38. The van der Waals surface area contributed by atoms with Gasteiger partial charge in [-0.3, -0.25) is 14.6 Å². The zero-order chi connectivity index (χ0) is 34.1. The summed E-state index contributed by atoms with van der Waals surface area (Å²) in [6.07, 6.45) is 4.55. The number of rotatable bonds is 8. The molecule has 11 nitrogen and oxygen atoms in total. The van der Waals surface area contributed by atoms with Crippen molar-refractivity contribution in [2.45, 2.75) is 70.1 Å². The smallest absolute Gasteiger partial charge is 0.258 e. The highest BCUT2D eigenvalue weighted by Gasteiger charge is 2.32. The summed E-state index contributed by atoms with van der Waals surface area (Å²) in [5.74, 6) is -0.684. The van der Waals surface area contributed by atoms with Gasteiger partial charge in [-0.05, 0) is 82.5 Å². The third-order valence-electron chi connectivity index (χ3n) is 8.42. The lowest BCUT2D eigenvalue weighted by molar-refractivity contribution is -0.00834. The molecule has 3 aromatic rings. The molecule has 0 unspecified atom stereocenters. The largest absolute Gasteiger partial charge is 0.490 e. The van der Waals surface area contributed by atoms with Gasteiger partial charge in [-0.2, -0.15) is 4.31 Å². The van der Waals surface area contributed by atoms with E-state index in [1.54, 1.807) is 66.4 Å². The second kappa shape index (κ2) is 16.3. The van der Waals surface area contributed by atoms with Crippen LogP contribution in [0.2, 0.25) is 0 Å². The summed E-state index contributed by atoms with van der Waals surface area (Å²) in [5, 5.41) is 13.1. The SMILES string of the molecule is Cc1ccc(S(=O)(=O)N(C)C[C@H]2OCCCC[C@H](C)Oc3ccc(NC(=O)c4ccncc4)cc3C(=O)N([C@H](C)CO)C[C@H]2C)cc1. The van der Waals surface area contributed by atoms with E-state index in [1.165, 1.54) is 23.7 Å². The van der Waals surface area contributed by atoms with Crippen molar-refractivity contribution in [3.05, 3.63) is 83.7 Å². The Morgan fingerprint density at radius 2 is 1.81 bits per heavy atom. The number of aromatic nitrogens is 1. The zero-order valence-corrected chi connectivity index (χ0v) is 28.6. The highest BCUT2D eigenvalue weighted by molar-refractivity contribution is 7.89. The molecule has 0 bridgehead atoms. The number of sulfonamides is 1. The lowest BCUT2D eigenvalue weighted by Gasteiger charge is -2.35. The number of benzene rings is 2. The Balaban J connectivity index is 1.65. The van der Waals surface area contributed by atoms with Crippen LogP contribution in [-0.2, 0) is 14.8 Å². The summed E-state index contributed by atoms with van der Waals surface area (Å²) < 4.78 is 40.8. The predicted molar refractivity (Wildman–Crippen MR) is 180 cm³/mol. The van der Waals surface area contributed by atoms with E-state index < -0.39 is 28.1 Å². The van der Waals surface area contributed by atoms with Crippen molar-refractivity contribution in [2.24, 2.45) is 5.92 Å². The van der Waals surface area contributed by atoms with Gasteiger partial charge in [0.1, 0.15) is 5.75 Å². The number of nitrogens with zero attached hydrogens (tertiary/aromatic N) is 3. The number of amides is 2. The van der Waals surface area contributed by atoms with E-state index in [4.69, 9.17) is 9.47 Å². The highest BCUT2D eigenvalue weighted by atomic mass is 32.2. The lowest BCUT2D eigenvalue weighted by Crippen LogP contribution is -2.48. The fourth-order valence-electron chi connectivity index (χ4n) is 5.41. The number of aliphatic hydroxyl groups is 1. The molecule has 4 atom stereocenters. The van der Waals surface area contributed by atoms with Crippen LogP contribution in [0.25, 0.3) is 0 Å². The fraction of sp³-hybridized carbons (Fsp3) is 0.457. The third-order valence-corrected chi connectivity index (χ3v) is 10.3. The Morgan fingerprint density at radius 3 is 2.49 bits per heavy atom. The minimum atomic E-state index is -3.79. The summed E-state index contributed by atoms with van der Waals surface area (Å²) in [6.45, 7) is 7.87. The molecule has 0 radical (unpaired) electrons. The number of aryl methyl sites for hydroxylation is 1. The van der Waals surface area contributed by atoms with E-state index in [2.05, 4.69) is 10.3 Å². The van der Waals surface area contributed by atoms with Crippen molar-refractivity contribution in [3.63, 3.8) is 0 Å². The molecule has 1 aromatic heterocycles. The topological polar surface area (TPSA) is 138 Å². The zero-order valence-electron chi connectivity index (χ0n) is 27.8. The minimum Gasteiger partial charge on any atom is -0.490 e. The first-order valence-electron chi connectivity index (χ1n) is 16.0. The predicted octanol–water partition coefficient (Wildman–Crippen LogP) is 4.76. The molecular formula is C35H46N4O7S. The van der Waals surface area contributed by atoms with Gasteiger partial charge in [0, 0.05) is 56.3 Å². The number of hydrogen-bond donors (Lipinski definition) is 2. The van der Waals surface area contributed by atoms with Crippen molar-refractivity contribution in [3.8, 4) is 5.75 Å². The number of carbonyl (C=O) groups is 2. The molecular weight excluding hydrogens is 620 g/mol. The first-order chi connectivity index (χ1) is 22.4. The molecule has 2 N–H and O–H groups in total. The number of pyridine rings is 1. The van der Waals surface area contributed by atoms with E-state index >= 15 is 0 Å². The van der Waals surface area contributed by atoms with E-state index in [0.29, 0.717) is 30.0 Å². The van der Waals surface area contributed by atoms with Gasteiger partial charge < -0.3 is 24.8 Å². The molecule has 12 heteroatoms. The molecule has 254 valence electrons. The molecule has 47 heavy (non-hydrogen) atoms. The van der Waals surface area contributed by atoms with Crippen molar-refractivity contribution < 1.29 is 32.6 Å². The number of fused-ring (bicyclic) bond motifs is 1. The Hall–Kier alpha value is -3.84. The number of likely N-dealkylation sites (N-methyl/N-ethyl adjacent to an activating group) is 1. The molecule has 0 aliphatic carbocycles. The fourth-order valence-corrected chi connectivity index (χ4v) is 6.59. The molecule has 2 heterocycles. The van der Waals surface area contributed by atoms with E-state index in [-0.39, 0.29) is 48.1 Å². The molecule has 4 rings (SSSR count). The van der Waals surface area contributed by atoms with Gasteiger partial charge in [0.15, 0.2) is 0 Å². The maximum Gasteiger partial charge on any atom is 0.258 e. The summed E-state index contributed by atoms with van der Waals surface area (Å²) in [6, 6.07) is 14.3. The summed E-state index contributed by atoms with van der Waals surface area (Å²) in [7, 11) is -2.25. The van der Waals surface area contributed by atoms with Crippen LogP contribution in [0.5, 0.6) is 5.75 Å².